The van der Waals surface area contributed by atoms with Gasteiger partial charge in [0, 0.05) is 12.8 Å². The summed E-state index contributed by atoms with van der Waals surface area (Å²) in [5.74, 6) is 0.0198. The van der Waals surface area contributed by atoms with Crippen molar-refractivity contribution in [2.24, 2.45) is 0 Å². The average molecular weight is 356 g/mol. The summed E-state index contributed by atoms with van der Waals surface area (Å²) < 4.78 is 15.2. The third-order valence-electron chi connectivity index (χ3n) is 2.78. The van der Waals surface area contributed by atoms with Crippen molar-refractivity contribution in [1.82, 2.24) is 10.4 Å². The molecule has 0 saturated carbocycles. The molecule has 0 radical (unpaired) electrons. The number of imide groups is 1. The fourth-order valence-electron chi connectivity index (χ4n) is 1.64. The van der Waals surface area contributed by atoms with Gasteiger partial charge in [-0.25, -0.2) is 4.79 Å². The minimum atomic E-state index is -0.843. The molecule has 1 rings (SSSR count). The van der Waals surface area contributed by atoms with Crippen LogP contribution in [0, 0.1) is 12.3 Å². The van der Waals surface area contributed by atoms with Crippen LogP contribution < -0.4 is 5.32 Å². The molecule has 1 fully saturated rings. The van der Waals surface area contributed by atoms with Gasteiger partial charge in [-0.3, -0.25) is 14.4 Å². The molecule has 0 aliphatic carbocycles. The summed E-state index contributed by atoms with van der Waals surface area (Å²) in [5.41, 5.74) is 0. The normalized spacial score (nSPS) is 13.6. The molecule has 0 unspecified atom stereocenters. The minimum absolute atomic E-state index is 0.0362. The van der Waals surface area contributed by atoms with Crippen LogP contribution in [0.1, 0.15) is 12.8 Å². The van der Waals surface area contributed by atoms with Crippen LogP contribution in [0.15, 0.2) is 0 Å². The fourth-order valence-corrected chi connectivity index (χ4v) is 1.64. The van der Waals surface area contributed by atoms with Crippen molar-refractivity contribution in [2.45, 2.75) is 12.8 Å². The second-order valence-corrected chi connectivity index (χ2v) is 4.74. The zero-order chi connectivity index (χ0) is 18.5. The maximum atomic E-state index is 11.4. The van der Waals surface area contributed by atoms with Gasteiger partial charge in [-0.15, -0.1) is 11.5 Å². The van der Waals surface area contributed by atoms with E-state index in [4.69, 9.17) is 20.6 Å². The van der Waals surface area contributed by atoms with E-state index in [1.54, 1.807) is 0 Å². The van der Waals surface area contributed by atoms with Gasteiger partial charge >= 0.3 is 5.97 Å². The van der Waals surface area contributed by atoms with E-state index in [-0.39, 0.29) is 58.3 Å². The van der Waals surface area contributed by atoms with Crippen molar-refractivity contribution in [2.75, 3.05) is 46.2 Å². The van der Waals surface area contributed by atoms with Gasteiger partial charge in [-0.05, 0) is 0 Å². The van der Waals surface area contributed by atoms with Gasteiger partial charge in [0.05, 0.1) is 33.0 Å². The summed E-state index contributed by atoms with van der Waals surface area (Å²) in [4.78, 5) is 49.6. The zero-order valence-electron chi connectivity index (χ0n) is 13.7. The van der Waals surface area contributed by atoms with E-state index in [0.717, 1.165) is 0 Å². The Morgan fingerprint density at radius 1 is 1.00 bits per heavy atom. The molecule has 3 amide bonds. The summed E-state index contributed by atoms with van der Waals surface area (Å²) in [6, 6.07) is 0. The molecule has 0 aromatic heterocycles. The standard InChI is InChI=1S/C15H20N2O8/c1-2-5-16-12(18)10-23-8-6-22-7-9-24-11-15(21)25-17-13(19)3-4-14(17)20/h1H,3-11H2,(H,16,18). The Bertz CT molecular complexity index is 512. The van der Waals surface area contributed by atoms with Crippen LogP contribution in [0.25, 0.3) is 0 Å². The SMILES string of the molecule is C#CCNC(=O)COCCOCCOCC(=O)ON1C(=O)CCC1=O. The van der Waals surface area contributed by atoms with E-state index in [0.29, 0.717) is 5.06 Å². The second kappa shape index (κ2) is 12.0. The van der Waals surface area contributed by atoms with Gasteiger partial charge < -0.3 is 24.4 Å². The molecule has 10 nitrogen and oxygen atoms in total. The van der Waals surface area contributed by atoms with Gasteiger partial charge in [0.2, 0.25) is 5.91 Å². The van der Waals surface area contributed by atoms with Crippen LogP contribution in [0.4, 0.5) is 0 Å². The summed E-state index contributed by atoms with van der Waals surface area (Å²) >= 11 is 0. The summed E-state index contributed by atoms with van der Waals surface area (Å²) in [6.07, 6.45) is 5.06. The summed E-state index contributed by atoms with van der Waals surface area (Å²) in [5, 5.41) is 2.90. The predicted molar refractivity (Wildman–Crippen MR) is 81.5 cm³/mol. The van der Waals surface area contributed by atoms with E-state index < -0.39 is 24.4 Å². The van der Waals surface area contributed by atoms with Gasteiger partial charge in [-0.1, -0.05) is 5.92 Å². The molecule has 1 aliphatic heterocycles. The lowest BCUT2D eigenvalue weighted by atomic mass is 10.4. The topological polar surface area (TPSA) is 120 Å². The zero-order valence-corrected chi connectivity index (χ0v) is 13.7. The molecule has 1 heterocycles. The number of hydrogen-bond acceptors (Lipinski definition) is 8. The van der Waals surface area contributed by atoms with E-state index in [1.807, 2.05) is 0 Å². The van der Waals surface area contributed by atoms with Gasteiger partial charge in [0.1, 0.15) is 13.2 Å². The molecular formula is C15H20N2O8. The number of amides is 3. The molecule has 1 aliphatic rings. The lowest BCUT2D eigenvalue weighted by molar-refractivity contribution is -0.200. The molecule has 0 aromatic rings. The predicted octanol–water partition coefficient (Wildman–Crippen LogP) is -1.61. The second-order valence-electron chi connectivity index (χ2n) is 4.74. The molecule has 1 N–H and O–H groups in total. The Labute approximate surface area is 144 Å². The lowest BCUT2D eigenvalue weighted by Crippen LogP contribution is -2.33. The summed E-state index contributed by atoms with van der Waals surface area (Å²) in [7, 11) is 0. The van der Waals surface area contributed by atoms with E-state index in [2.05, 4.69) is 16.1 Å². The van der Waals surface area contributed by atoms with Gasteiger partial charge in [0.15, 0.2) is 0 Å². The van der Waals surface area contributed by atoms with Crippen LogP contribution >= 0.6 is 0 Å². The number of terminal acetylenes is 1. The van der Waals surface area contributed by atoms with Gasteiger partial charge in [-0.2, -0.15) is 0 Å². The number of ether oxygens (including phenoxy) is 3. The first-order chi connectivity index (χ1) is 12.0. The maximum Gasteiger partial charge on any atom is 0.358 e. The average Bonchev–Trinajstić information content (AvgIpc) is 2.90. The number of carbonyl (C=O) groups is 4. The Morgan fingerprint density at radius 3 is 2.16 bits per heavy atom. The monoisotopic (exact) mass is 356 g/mol. The molecule has 0 atom stereocenters. The Balaban J connectivity index is 1.92. The largest absolute Gasteiger partial charge is 0.377 e. The molecule has 0 aromatic carbocycles. The highest BCUT2D eigenvalue weighted by Gasteiger charge is 2.32. The molecule has 0 spiro atoms. The Kier molecular flexibility index (Phi) is 9.84. The first-order valence-corrected chi connectivity index (χ1v) is 7.54. The van der Waals surface area contributed by atoms with Crippen LogP contribution in [0.5, 0.6) is 0 Å². The maximum absolute atomic E-state index is 11.4. The first-order valence-electron chi connectivity index (χ1n) is 7.54. The first kappa shape index (κ1) is 20.6. The number of nitrogens with one attached hydrogen (secondary N) is 1. The van der Waals surface area contributed by atoms with Crippen molar-refractivity contribution in [3.63, 3.8) is 0 Å². The molecular weight excluding hydrogens is 336 g/mol. The fraction of sp³-hybridized carbons (Fsp3) is 0.600. The number of rotatable bonds is 12. The highest BCUT2D eigenvalue weighted by Crippen LogP contribution is 2.11. The van der Waals surface area contributed by atoms with E-state index in [1.165, 1.54) is 0 Å². The minimum Gasteiger partial charge on any atom is -0.377 e. The van der Waals surface area contributed by atoms with Crippen LogP contribution in [-0.2, 0) is 38.2 Å². The molecule has 25 heavy (non-hydrogen) atoms. The van der Waals surface area contributed by atoms with E-state index in [9.17, 15) is 19.2 Å². The summed E-state index contributed by atoms with van der Waals surface area (Å²) in [6.45, 7) is 0.394. The molecule has 138 valence electrons. The number of carbonyl (C=O) groups excluding carboxylic acids is 4. The van der Waals surface area contributed by atoms with Gasteiger partial charge in [0.25, 0.3) is 11.8 Å². The molecule has 10 heteroatoms. The molecule has 0 bridgehead atoms. The Hall–Kier alpha value is -2.48. The molecule has 1 saturated heterocycles. The van der Waals surface area contributed by atoms with Crippen LogP contribution in [0.3, 0.4) is 0 Å². The lowest BCUT2D eigenvalue weighted by Gasteiger charge is -2.12. The van der Waals surface area contributed by atoms with Crippen LogP contribution in [-0.4, -0.2) is 74.9 Å². The van der Waals surface area contributed by atoms with Crippen molar-refractivity contribution in [3.8, 4) is 12.3 Å². The number of nitrogens with zero attached hydrogens (tertiary/aromatic N) is 1. The Morgan fingerprint density at radius 2 is 1.56 bits per heavy atom. The highest BCUT2D eigenvalue weighted by atomic mass is 16.7. The van der Waals surface area contributed by atoms with Crippen molar-refractivity contribution in [3.05, 3.63) is 0 Å². The van der Waals surface area contributed by atoms with Crippen molar-refractivity contribution >= 4 is 23.7 Å². The number of hydroxylamine groups is 2. The number of hydrogen-bond donors (Lipinski definition) is 1. The smallest absolute Gasteiger partial charge is 0.358 e. The quantitative estimate of drug-likeness (QED) is 0.252. The van der Waals surface area contributed by atoms with Crippen LogP contribution in [0.2, 0.25) is 0 Å². The highest BCUT2D eigenvalue weighted by molar-refractivity contribution is 6.01. The third kappa shape index (κ3) is 8.80. The van der Waals surface area contributed by atoms with Crippen molar-refractivity contribution in [1.29, 1.82) is 0 Å². The van der Waals surface area contributed by atoms with E-state index >= 15 is 0 Å². The van der Waals surface area contributed by atoms with Crippen molar-refractivity contribution < 1.29 is 38.2 Å². The third-order valence-corrected chi connectivity index (χ3v) is 2.78.